The van der Waals surface area contributed by atoms with Gasteiger partial charge < -0.3 is 9.13 Å². The van der Waals surface area contributed by atoms with E-state index in [1.807, 2.05) is 11.0 Å². The summed E-state index contributed by atoms with van der Waals surface area (Å²) in [6, 6.07) is 9.88. The van der Waals surface area contributed by atoms with Crippen molar-refractivity contribution in [2.75, 3.05) is 26.2 Å². The van der Waals surface area contributed by atoms with Gasteiger partial charge in [-0.3, -0.25) is 19.4 Å². The monoisotopic (exact) mass is 736 g/mol. The molecule has 6 rings (SSSR count). The molecule has 2 aliphatic rings. The molecule has 0 saturated carbocycles. The second-order valence-electron chi connectivity index (χ2n) is 14.4. The van der Waals surface area contributed by atoms with Gasteiger partial charge in [-0.25, -0.2) is 4.39 Å². The molecule has 1 unspecified atom stereocenters. The van der Waals surface area contributed by atoms with E-state index in [0.717, 1.165) is 44.5 Å². The maximum atomic E-state index is 13.9. The molecule has 1 atom stereocenters. The summed E-state index contributed by atoms with van der Waals surface area (Å²) in [5.41, 5.74) is -1.03. The minimum atomic E-state index is -4.63. The molecule has 0 bridgehead atoms. The summed E-state index contributed by atoms with van der Waals surface area (Å²) in [6.07, 6.45) is -5.23. The maximum absolute atomic E-state index is 13.9. The van der Waals surface area contributed by atoms with Gasteiger partial charge in [0.2, 0.25) is 0 Å². The van der Waals surface area contributed by atoms with Crippen LogP contribution in [0.4, 0.5) is 30.7 Å². The number of fused-ring (bicyclic) bond motifs is 2. The van der Waals surface area contributed by atoms with E-state index in [9.17, 15) is 40.3 Å². The van der Waals surface area contributed by atoms with Gasteiger partial charge in [0.15, 0.2) is 0 Å². The van der Waals surface area contributed by atoms with Crippen LogP contribution < -0.4 is 11.1 Å². The topological polar surface area (TPSA) is 50.5 Å². The normalized spacial score (nSPS) is 17.9. The largest absolute Gasteiger partial charge is 0.417 e. The van der Waals surface area contributed by atoms with Crippen LogP contribution >= 0.6 is 0 Å². The third-order valence-corrected chi connectivity index (χ3v) is 10.3. The Morgan fingerprint density at radius 1 is 0.712 bits per heavy atom. The van der Waals surface area contributed by atoms with Crippen molar-refractivity contribution in [2.45, 2.75) is 96.8 Å². The Hall–Kier alpha value is -3.71. The average Bonchev–Trinajstić information content (AvgIpc) is 3.07. The van der Waals surface area contributed by atoms with Gasteiger partial charge in [0.1, 0.15) is 6.17 Å². The fraction of sp³-hybridized carbons (Fsp3) is 0.538. The highest BCUT2D eigenvalue weighted by molar-refractivity contribution is 5.86. The molecule has 2 aromatic heterocycles. The van der Waals surface area contributed by atoms with Crippen molar-refractivity contribution in [1.82, 2.24) is 18.9 Å². The Bertz CT molecular complexity index is 2030. The minimum Gasteiger partial charge on any atom is -0.311 e. The SMILES string of the molecule is CC(C)c1c(C(F)(F)F)c2cc(CN3CCCC(F)C3)ccc2n(C)c1=O.CCc1c(C(F)(F)F)c2cc(CN3CCCCC3)ccc2n(C)c1=O. The van der Waals surface area contributed by atoms with Crippen molar-refractivity contribution < 1.29 is 30.7 Å². The fourth-order valence-electron chi connectivity index (χ4n) is 7.74. The van der Waals surface area contributed by atoms with Gasteiger partial charge in [0, 0.05) is 55.6 Å². The van der Waals surface area contributed by atoms with Gasteiger partial charge in [-0.15, -0.1) is 0 Å². The van der Waals surface area contributed by atoms with E-state index in [4.69, 9.17) is 0 Å². The third kappa shape index (κ3) is 8.40. The van der Waals surface area contributed by atoms with Crippen molar-refractivity contribution in [2.24, 2.45) is 14.1 Å². The van der Waals surface area contributed by atoms with Crippen molar-refractivity contribution in [1.29, 1.82) is 0 Å². The van der Waals surface area contributed by atoms with Crippen LogP contribution in [0.5, 0.6) is 0 Å². The van der Waals surface area contributed by atoms with Crippen molar-refractivity contribution in [3.05, 3.63) is 90.5 Å². The summed E-state index contributed by atoms with van der Waals surface area (Å²) in [5, 5.41) is 0.153. The van der Waals surface area contributed by atoms with E-state index in [2.05, 4.69) is 4.90 Å². The molecule has 0 spiro atoms. The van der Waals surface area contributed by atoms with Crippen LogP contribution in [-0.4, -0.2) is 51.3 Å². The lowest BCUT2D eigenvalue weighted by Gasteiger charge is -2.29. The second-order valence-corrected chi connectivity index (χ2v) is 14.4. The highest BCUT2D eigenvalue weighted by Gasteiger charge is 2.39. The van der Waals surface area contributed by atoms with Crippen LogP contribution in [0.3, 0.4) is 0 Å². The molecule has 284 valence electrons. The zero-order valence-electron chi connectivity index (χ0n) is 30.4. The van der Waals surface area contributed by atoms with Gasteiger partial charge >= 0.3 is 12.4 Å². The highest BCUT2D eigenvalue weighted by Crippen LogP contribution is 2.39. The van der Waals surface area contributed by atoms with Crippen molar-refractivity contribution in [3.63, 3.8) is 0 Å². The number of aryl methyl sites for hydroxylation is 2. The van der Waals surface area contributed by atoms with Gasteiger partial charge in [-0.1, -0.05) is 39.3 Å². The lowest BCUT2D eigenvalue weighted by Crippen LogP contribution is -2.35. The van der Waals surface area contributed by atoms with Crippen LogP contribution in [0.2, 0.25) is 0 Å². The number of hydrogen-bond donors (Lipinski definition) is 0. The number of halogens is 7. The highest BCUT2D eigenvalue weighted by atomic mass is 19.4. The zero-order valence-corrected chi connectivity index (χ0v) is 30.4. The molecule has 0 amide bonds. The Balaban J connectivity index is 0.000000202. The predicted molar refractivity (Wildman–Crippen MR) is 190 cm³/mol. The average molecular weight is 737 g/mol. The Morgan fingerprint density at radius 3 is 1.71 bits per heavy atom. The van der Waals surface area contributed by atoms with Gasteiger partial charge in [-0.2, -0.15) is 26.3 Å². The number of likely N-dealkylation sites (tertiary alicyclic amines) is 2. The second kappa shape index (κ2) is 15.7. The molecule has 4 aromatic rings. The van der Waals surface area contributed by atoms with E-state index >= 15 is 0 Å². The van der Waals surface area contributed by atoms with E-state index in [0.29, 0.717) is 37.1 Å². The molecule has 6 nitrogen and oxygen atoms in total. The molecular formula is C39H47F7N4O2. The van der Waals surface area contributed by atoms with Crippen LogP contribution in [0, 0.1) is 0 Å². The number of alkyl halides is 7. The van der Waals surface area contributed by atoms with Gasteiger partial charge in [-0.05, 0) is 93.0 Å². The molecular weight excluding hydrogens is 689 g/mol. The first kappa shape index (κ1) is 39.5. The van der Waals surface area contributed by atoms with Crippen molar-refractivity contribution in [3.8, 4) is 0 Å². The van der Waals surface area contributed by atoms with E-state index in [1.54, 1.807) is 45.0 Å². The van der Waals surface area contributed by atoms with Gasteiger partial charge in [0.05, 0.1) is 22.2 Å². The summed E-state index contributed by atoms with van der Waals surface area (Å²) in [5.74, 6) is -0.553. The third-order valence-electron chi connectivity index (χ3n) is 10.3. The summed E-state index contributed by atoms with van der Waals surface area (Å²) in [4.78, 5) is 29.1. The van der Waals surface area contributed by atoms with Crippen LogP contribution in [0.15, 0.2) is 46.0 Å². The quantitative estimate of drug-likeness (QED) is 0.186. The summed E-state index contributed by atoms with van der Waals surface area (Å²) >= 11 is 0. The summed E-state index contributed by atoms with van der Waals surface area (Å²) in [7, 11) is 3.03. The van der Waals surface area contributed by atoms with Crippen molar-refractivity contribution >= 4 is 21.8 Å². The molecule has 0 aliphatic carbocycles. The number of benzene rings is 2. The number of rotatable bonds is 6. The van der Waals surface area contributed by atoms with E-state index in [-0.39, 0.29) is 33.8 Å². The molecule has 52 heavy (non-hydrogen) atoms. The smallest absolute Gasteiger partial charge is 0.311 e. The zero-order chi connectivity index (χ0) is 38.1. The molecule has 4 heterocycles. The molecule has 0 radical (unpaired) electrons. The molecule has 2 aliphatic heterocycles. The summed E-state index contributed by atoms with van der Waals surface area (Å²) in [6.45, 7) is 8.83. The van der Waals surface area contributed by atoms with E-state index in [1.165, 1.54) is 35.7 Å². The molecule has 2 saturated heterocycles. The predicted octanol–water partition coefficient (Wildman–Crippen LogP) is 8.72. The molecule has 0 N–H and O–H groups in total. The first-order chi connectivity index (χ1) is 24.4. The van der Waals surface area contributed by atoms with Gasteiger partial charge in [0.25, 0.3) is 11.1 Å². The fourth-order valence-corrected chi connectivity index (χ4v) is 7.74. The lowest BCUT2D eigenvalue weighted by molar-refractivity contribution is -0.138. The number of nitrogens with zero attached hydrogens (tertiary/aromatic N) is 4. The summed E-state index contributed by atoms with van der Waals surface area (Å²) < 4.78 is 99.0. The number of piperidine rings is 2. The van der Waals surface area contributed by atoms with E-state index < -0.39 is 46.7 Å². The Labute approximate surface area is 298 Å². The molecule has 13 heteroatoms. The standard InChI is InChI=1S/C20H24F4N2O.C19H23F3N2O/c1-12(2)17-18(20(22,23)24)15-9-13(6-7-16(15)25(3)19(17)27)10-26-8-4-5-14(21)11-26;1-3-14-17(19(20,21)22)15-11-13(12-24-9-5-4-6-10-24)7-8-16(15)23(2)18(14)25/h6-7,9,12,14H,4-5,8,10-11H2,1-3H3;7-8,11H,3-6,9-10,12H2,1-2H3. The van der Waals surface area contributed by atoms with Crippen LogP contribution in [0.25, 0.3) is 21.8 Å². The number of aromatic nitrogens is 2. The number of pyridine rings is 2. The lowest BCUT2D eigenvalue weighted by atomic mass is 9.93. The Kier molecular flexibility index (Phi) is 11.9. The Morgan fingerprint density at radius 2 is 1.21 bits per heavy atom. The minimum absolute atomic E-state index is 0.0274. The maximum Gasteiger partial charge on any atom is 0.417 e. The first-order valence-electron chi connectivity index (χ1n) is 18.0. The number of hydrogen-bond acceptors (Lipinski definition) is 4. The van der Waals surface area contributed by atoms with Crippen LogP contribution in [-0.2, 0) is 46.0 Å². The molecule has 2 fully saturated rings. The molecule has 2 aromatic carbocycles. The van der Waals surface area contributed by atoms with Crippen LogP contribution in [0.1, 0.15) is 92.2 Å². The first-order valence-corrected chi connectivity index (χ1v) is 18.0.